The van der Waals surface area contributed by atoms with Crippen LogP contribution in [-0.4, -0.2) is 27.1 Å². The van der Waals surface area contributed by atoms with Gasteiger partial charge in [0.2, 0.25) is 0 Å². The molecule has 1 amide bonds. The molecule has 0 saturated carbocycles. The van der Waals surface area contributed by atoms with Crippen LogP contribution in [0.25, 0.3) is 21.9 Å². The molecule has 2 aromatic carbocycles. The molecular weight excluding hydrogens is 328 g/mol. The first kappa shape index (κ1) is 16.2. The van der Waals surface area contributed by atoms with Crippen LogP contribution >= 0.6 is 0 Å². The Morgan fingerprint density at radius 1 is 1.08 bits per heavy atom. The normalized spacial score (nSPS) is 11.2. The zero-order valence-electron chi connectivity index (χ0n) is 15.0. The summed E-state index contributed by atoms with van der Waals surface area (Å²) >= 11 is 0. The third kappa shape index (κ3) is 2.50. The fourth-order valence-electron chi connectivity index (χ4n) is 3.33. The number of benzene rings is 2. The van der Waals surface area contributed by atoms with E-state index in [2.05, 4.69) is 10.3 Å². The third-order valence-electron chi connectivity index (χ3n) is 4.79. The number of rotatable bonds is 4. The minimum atomic E-state index is -0.141. The monoisotopic (exact) mass is 348 g/mol. The van der Waals surface area contributed by atoms with Gasteiger partial charge in [-0.2, -0.15) is 0 Å². The molecule has 0 bridgehead atoms. The molecule has 0 unspecified atom stereocenters. The van der Waals surface area contributed by atoms with Crippen LogP contribution in [0.3, 0.4) is 0 Å². The molecule has 2 aromatic heterocycles. The zero-order chi connectivity index (χ0) is 18.3. The van der Waals surface area contributed by atoms with Gasteiger partial charge in [0.15, 0.2) is 0 Å². The molecule has 0 aliphatic heterocycles. The molecule has 4 rings (SSSR count). The molecule has 0 atom stereocenters. The number of fused-ring (bicyclic) bond motifs is 2. The van der Waals surface area contributed by atoms with E-state index in [9.17, 15) is 4.79 Å². The maximum Gasteiger partial charge on any atom is 0.268 e. The van der Waals surface area contributed by atoms with Crippen LogP contribution in [0.5, 0.6) is 5.75 Å². The molecule has 1 N–H and O–H groups in total. The van der Waals surface area contributed by atoms with Crippen molar-refractivity contribution in [2.45, 2.75) is 6.54 Å². The maximum atomic E-state index is 12.7. The highest BCUT2D eigenvalue weighted by Gasteiger charge is 2.16. The second kappa shape index (κ2) is 6.22. The van der Waals surface area contributed by atoms with E-state index in [4.69, 9.17) is 4.74 Å². The number of hydrogen-bond donors (Lipinski definition) is 1. The number of nitrogens with one attached hydrogen (secondary N) is 1. The van der Waals surface area contributed by atoms with Gasteiger partial charge in [-0.05, 0) is 30.3 Å². The van der Waals surface area contributed by atoms with Crippen molar-refractivity contribution in [1.29, 1.82) is 0 Å². The highest BCUT2D eigenvalue weighted by atomic mass is 16.5. The van der Waals surface area contributed by atoms with Gasteiger partial charge < -0.3 is 19.2 Å². The standard InChI is InChI=1S/C20H20N4O2/c1-23-15-9-6-10-18(26-3)13(15)11-17(23)20(25)21-12-19-22-14-7-4-5-8-16(14)24(19)2/h4-11H,12H2,1-3H3,(H,21,25). The second-order valence-corrected chi connectivity index (χ2v) is 6.24. The molecule has 0 saturated heterocycles. The second-order valence-electron chi connectivity index (χ2n) is 6.24. The highest BCUT2D eigenvalue weighted by molar-refractivity contribution is 6.00. The Morgan fingerprint density at radius 3 is 2.62 bits per heavy atom. The van der Waals surface area contributed by atoms with E-state index in [1.807, 2.05) is 71.8 Å². The molecule has 0 radical (unpaired) electrons. The van der Waals surface area contributed by atoms with E-state index in [0.29, 0.717) is 12.2 Å². The minimum Gasteiger partial charge on any atom is -0.496 e. The summed E-state index contributed by atoms with van der Waals surface area (Å²) in [5.41, 5.74) is 3.51. The Morgan fingerprint density at radius 2 is 1.85 bits per heavy atom. The molecule has 0 aliphatic carbocycles. The number of para-hydroxylation sites is 2. The van der Waals surface area contributed by atoms with E-state index in [1.165, 1.54) is 0 Å². The van der Waals surface area contributed by atoms with Crippen molar-refractivity contribution in [2.75, 3.05) is 7.11 Å². The first-order valence-corrected chi connectivity index (χ1v) is 8.41. The Bertz CT molecular complexity index is 1120. The number of carbonyl (C=O) groups is 1. The van der Waals surface area contributed by atoms with Crippen molar-refractivity contribution >= 4 is 27.8 Å². The summed E-state index contributed by atoms with van der Waals surface area (Å²) in [7, 11) is 5.47. The first-order valence-electron chi connectivity index (χ1n) is 8.41. The quantitative estimate of drug-likeness (QED) is 0.617. The van der Waals surface area contributed by atoms with E-state index in [1.54, 1.807) is 7.11 Å². The number of aromatic nitrogens is 3. The summed E-state index contributed by atoms with van der Waals surface area (Å²) in [6.45, 7) is 0.364. The average Bonchev–Trinajstić information content (AvgIpc) is 3.17. The van der Waals surface area contributed by atoms with Crippen molar-refractivity contribution in [3.8, 4) is 5.75 Å². The van der Waals surface area contributed by atoms with Gasteiger partial charge in [-0.15, -0.1) is 0 Å². The summed E-state index contributed by atoms with van der Waals surface area (Å²) in [5.74, 6) is 1.43. The molecule has 0 aliphatic rings. The van der Waals surface area contributed by atoms with Gasteiger partial charge in [0, 0.05) is 19.5 Å². The predicted molar refractivity (Wildman–Crippen MR) is 101 cm³/mol. The summed E-state index contributed by atoms with van der Waals surface area (Å²) in [6.07, 6.45) is 0. The Balaban J connectivity index is 1.61. The fourth-order valence-corrected chi connectivity index (χ4v) is 3.33. The lowest BCUT2D eigenvalue weighted by atomic mass is 10.2. The first-order chi connectivity index (χ1) is 12.6. The van der Waals surface area contributed by atoms with Gasteiger partial charge in [0.1, 0.15) is 17.3 Å². The maximum absolute atomic E-state index is 12.7. The van der Waals surface area contributed by atoms with Gasteiger partial charge in [-0.3, -0.25) is 4.79 Å². The molecule has 26 heavy (non-hydrogen) atoms. The van der Waals surface area contributed by atoms with E-state index >= 15 is 0 Å². The predicted octanol–water partition coefficient (Wildman–Crippen LogP) is 3.00. The number of methoxy groups -OCH3 is 1. The van der Waals surface area contributed by atoms with Crippen LogP contribution in [0.15, 0.2) is 48.5 Å². The summed E-state index contributed by atoms with van der Waals surface area (Å²) in [5, 5.41) is 3.89. The SMILES string of the molecule is COc1cccc2c1cc(C(=O)NCc1nc3ccccc3n1C)n2C. The lowest BCUT2D eigenvalue weighted by Crippen LogP contribution is -2.26. The van der Waals surface area contributed by atoms with Crippen molar-refractivity contribution in [3.05, 3.63) is 60.0 Å². The van der Waals surface area contributed by atoms with Crippen molar-refractivity contribution in [2.24, 2.45) is 14.1 Å². The summed E-state index contributed by atoms with van der Waals surface area (Å²) in [6, 6.07) is 15.6. The lowest BCUT2D eigenvalue weighted by molar-refractivity contribution is 0.0942. The minimum absolute atomic E-state index is 0.141. The molecule has 6 nitrogen and oxygen atoms in total. The van der Waals surface area contributed by atoms with Crippen LogP contribution in [0.1, 0.15) is 16.3 Å². The number of hydrogen-bond acceptors (Lipinski definition) is 3. The number of nitrogens with zero attached hydrogens (tertiary/aromatic N) is 3. The van der Waals surface area contributed by atoms with Crippen LogP contribution in [0.2, 0.25) is 0 Å². The Labute approximate surface area is 151 Å². The van der Waals surface area contributed by atoms with Gasteiger partial charge in [0.05, 0.1) is 30.2 Å². The number of ether oxygens (including phenoxy) is 1. The van der Waals surface area contributed by atoms with E-state index in [-0.39, 0.29) is 5.91 Å². The Kier molecular flexibility index (Phi) is 3.88. The van der Waals surface area contributed by atoms with Gasteiger partial charge in [-0.25, -0.2) is 4.98 Å². The number of aryl methyl sites for hydroxylation is 2. The largest absolute Gasteiger partial charge is 0.496 e. The van der Waals surface area contributed by atoms with Crippen molar-refractivity contribution < 1.29 is 9.53 Å². The Hall–Kier alpha value is -3.28. The fraction of sp³-hybridized carbons (Fsp3) is 0.200. The van der Waals surface area contributed by atoms with Crippen molar-refractivity contribution in [3.63, 3.8) is 0 Å². The van der Waals surface area contributed by atoms with Gasteiger partial charge in [0.25, 0.3) is 5.91 Å². The van der Waals surface area contributed by atoms with Crippen LogP contribution in [0, 0.1) is 0 Å². The molecule has 0 spiro atoms. The lowest BCUT2D eigenvalue weighted by Gasteiger charge is -2.07. The number of carbonyl (C=O) groups excluding carboxylic acids is 1. The summed E-state index contributed by atoms with van der Waals surface area (Å²) in [4.78, 5) is 17.3. The summed E-state index contributed by atoms with van der Waals surface area (Å²) < 4.78 is 9.27. The molecular formula is C20H20N4O2. The van der Waals surface area contributed by atoms with Gasteiger partial charge >= 0.3 is 0 Å². The molecule has 4 aromatic rings. The number of imidazole rings is 1. The molecule has 2 heterocycles. The smallest absolute Gasteiger partial charge is 0.268 e. The number of amides is 1. The van der Waals surface area contributed by atoms with Crippen LogP contribution in [-0.2, 0) is 20.6 Å². The zero-order valence-corrected chi connectivity index (χ0v) is 15.0. The van der Waals surface area contributed by atoms with Crippen molar-refractivity contribution in [1.82, 2.24) is 19.4 Å². The molecule has 132 valence electrons. The van der Waals surface area contributed by atoms with Crippen LogP contribution in [0.4, 0.5) is 0 Å². The van der Waals surface area contributed by atoms with E-state index in [0.717, 1.165) is 33.5 Å². The average molecular weight is 348 g/mol. The van der Waals surface area contributed by atoms with Gasteiger partial charge in [-0.1, -0.05) is 18.2 Å². The topological polar surface area (TPSA) is 61.1 Å². The molecule has 6 heteroatoms. The van der Waals surface area contributed by atoms with Crippen LogP contribution < -0.4 is 10.1 Å². The third-order valence-corrected chi connectivity index (χ3v) is 4.79. The van der Waals surface area contributed by atoms with E-state index < -0.39 is 0 Å². The molecule has 0 fully saturated rings. The highest BCUT2D eigenvalue weighted by Crippen LogP contribution is 2.28.